The number of nitrogens with zero attached hydrogens (tertiary/aromatic N) is 3. The first-order chi connectivity index (χ1) is 11.7. The molecule has 3 heterocycles. The predicted octanol–water partition coefficient (Wildman–Crippen LogP) is 3.64. The van der Waals surface area contributed by atoms with Gasteiger partial charge in [-0.2, -0.15) is 0 Å². The van der Waals surface area contributed by atoms with E-state index in [0.717, 1.165) is 28.2 Å². The fourth-order valence-electron chi connectivity index (χ4n) is 2.41. The lowest BCUT2D eigenvalue weighted by Gasteiger charge is -2.01. The number of hydrogen-bond acceptors (Lipinski definition) is 5. The van der Waals surface area contributed by atoms with Crippen LogP contribution in [0.25, 0.3) is 22.4 Å². The second-order valence-corrected chi connectivity index (χ2v) is 6.12. The highest BCUT2D eigenvalue weighted by Crippen LogP contribution is 2.24. The molecule has 4 aromatic rings. The van der Waals surface area contributed by atoms with Crippen molar-refractivity contribution in [2.24, 2.45) is 0 Å². The van der Waals surface area contributed by atoms with Gasteiger partial charge in [-0.15, -0.1) is 11.3 Å². The first kappa shape index (κ1) is 14.5. The Kier molecular flexibility index (Phi) is 3.55. The summed E-state index contributed by atoms with van der Waals surface area (Å²) in [6.07, 6.45) is 1.72. The van der Waals surface area contributed by atoms with Crippen LogP contribution >= 0.6 is 11.3 Å². The van der Waals surface area contributed by atoms with Crippen molar-refractivity contribution in [3.05, 3.63) is 59.4 Å². The monoisotopic (exact) mass is 335 g/mol. The maximum Gasteiger partial charge on any atom is 0.257 e. The van der Waals surface area contributed by atoms with Crippen molar-refractivity contribution in [3.63, 3.8) is 0 Å². The topological polar surface area (TPSA) is 83.6 Å². The maximum absolute atomic E-state index is 12.4. The summed E-state index contributed by atoms with van der Waals surface area (Å²) in [5.74, 6) is 0.619. The zero-order chi connectivity index (χ0) is 16.5. The molecule has 0 aliphatic heterocycles. The Bertz CT molecular complexity index is 1020. The maximum atomic E-state index is 12.4. The number of amides is 1. The Hall–Kier alpha value is -3.06. The van der Waals surface area contributed by atoms with Gasteiger partial charge in [0.15, 0.2) is 5.13 Å². The van der Waals surface area contributed by atoms with Gasteiger partial charge in [0.1, 0.15) is 11.5 Å². The van der Waals surface area contributed by atoms with Gasteiger partial charge in [-0.3, -0.25) is 15.1 Å². The van der Waals surface area contributed by atoms with Gasteiger partial charge in [0, 0.05) is 17.1 Å². The third-order valence-corrected chi connectivity index (χ3v) is 4.27. The number of anilines is 1. The molecular weight excluding hydrogens is 322 g/mol. The Morgan fingerprint density at radius 1 is 1.17 bits per heavy atom. The summed E-state index contributed by atoms with van der Waals surface area (Å²) in [5, 5.41) is 5.24. The van der Waals surface area contributed by atoms with Gasteiger partial charge in [0.2, 0.25) is 0 Å². The van der Waals surface area contributed by atoms with Crippen LogP contribution in [0.5, 0.6) is 0 Å². The quantitative estimate of drug-likeness (QED) is 0.599. The molecule has 0 unspecified atom stereocenters. The van der Waals surface area contributed by atoms with E-state index in [9.17, 15) is 4.79 Å². The molecule has 6 nitrogen and oxygen atoms in total. The lowest BCUT2D eigenvalue weighted by molar-refractivity contribution is 0.102. The van der Waals surface area contributed by atoms with Gasteiger partial charge in [-0.1, -0.05) is 6.07 Å². The fraction of sp³-hybridized carbons (Fsp3) is 0.0588. The molecule has 0 aliphatic rings. The van der Waals surface area contributed by atoms with E-state index in [-0.39, 0.29) is 5.91 Å². The lowest BCUT2D eigenvalue weighted by Crippen LogP contribution is -2.11. The number of aromatic nitrogens is 4. The first-order valence-corrected chi connectivity index (χ1v) is 8.22. The highest BCUT2D eigenvalue weighted by Gasteiger charge is 2.12. The number of thiazole rings is 1. The van der Waals surface area contributed by atoms with Gasteiger partial charge >= 0.3 is 0 Å². The van der Waals surface area contributed by atoms with Gasteiger partial charge < -0.3 is 4.98 Å². The summed E-state index contributed by atoms with van der Waals surface area (Å²) in [4.78, 5) is 28.5. The van der Waals surface area contributed by atoms with Crippen LogP contribution in [-0.2, 0) is 0 Å². The number of aromatic amines is 1. The fourth-order valence-corrected chi connectivity index (χ4v) is 3.11. The van der Waals surface area contributed by atoms with Crippen molar-refractivity contribution >= 4 is 33.4 Å². The molecule has 0 saturated heterocycles. The number of benzene rings is 1. The average Bonchev–Trinajstić information content (AvgIpc) is 3.20. The van der Waals surface area contributed by atoms with Gasteiger partial charge in [0.25, 0.3) is 5.91 Å². The van der Waals surface area contributed by atoms with Crippen molar-refractivity contribution in [3.8, 4) is 11.4 Å². The number of H-pyrrole nitrogens is 1. The number of fused-ring (bicyclic) bond motifs is 1. The van der Waals surface area contributed by atoms with Crippen molar-refractivity contribution in [2.75, 3.05) is 5.32 Å². The van der Waals surface area contributed by atoms with E-state index >= 15 is 0 Å². The van der Waals surface area contributed by atoms with E-state index in [1.807, 2.05) is 36.6 Å². The SMILES string of the molecule is Cc1nc2ccc(C(=O)Nc3nc(-c4ccccn4)cs3)cc2[nH]1. The Morgan fingerprint density at radius 3 is 2.92 bits per heavy atom. The summed E-state index contributed by atoms with van der Waals surface area (Å²) in [6, 6.07) is 11.0. The number of hydrogen-bond donors (Lipinski definition) is 2. The zero-order valence-electron chi connectivity index (χ0n) is 12.8. The average molecular weight is 335 g/mol. The molecule has 0 spiro atoms. The van der Waals surface area contributed by atoms with Crippen LogP contribution in [0, 0.1) is 6.92 Å². The number of carbonyl (C=O) groups excluding carboxylic acids is 1. The molecular formula is C17H13N5OS. The van der Waals surface area contributed by atoms with Crippen LogP contribution in [0.1, 0.15) is 16.2 Å². The van der Waals surface area contributed by atoms with Crippen LogP contribution in [0.3, 0.4) is 0 Å². The van der Waals surface area contributed by atoms with Crippen LogP contribution in [0.2, 0.25) is 0 Å². The number of rotatable bonds is 3. The standard InChI is InChI=1S/C17H13N5OS/c1-10-19-13-6-5-11(8-14(13)20-10)16(23)22-17-21-15(9-24-17)12-4-2-3-7-18-12/h2-9H,1H3,(H,19,20)(H,21,22,23). The van der Waals surface area contributed by atoms with E-state index in [1.54, 1.807) is 18.3 Å². The summed E-state index contributed by atoms with van der Waals surface area (Å²) < 4.78 is 0. The molecule has 24 heavy (non-hydrogen) atoms. The lowest BCUT2D eigenvalue weighted by atomic mass is 10.2. The van der Waals surface area contributed by atoms with Crippen LogP contribution in [0.15, 0.2) is 48.0 Å². The van der Waals surface area contributed by atoms with Crippen LogP contribution < -0.4 is 5.32 Å². The molecule has 1 amide bonds. The summed E-state index contributed by atoms with van der Waals surface area (Å²) in [5.41, 5.74) is 3.77. The minimum Gasteiger partial charge on any atom is -0.342 e. The third-order valence-electron chi connectivity index (χ3n) is 3.51. The molecule has 0 saturated carbocycles. The normalized spacial score (nSPS) is 10.9. The third kappa shape index (κ3) is 2.77. The van der Waals surface area contributed by atoms with Crippen LogP contribution in [-0.4, -0.2) is 25.8 Å². The summed E-state index contributed by atoms with van der Waals surface area (Å²) in [7, 11) is 0. The highest BCUT2D eigenvalue weighted by molar-refractivity contribution is 7.14. The molecule has 7 heteroatoms. The molecule has 3 aromatic heterocycles. The smallest absolute Gasteiger partial charge is 0.257 e. The number of imidazole rings is 1. The molecule has 0 fully saturated rings. The van der Waals surface area contributed by atoms with E-state index in [0.29, 0.717) is 10.7 Å². The second-order valence-electron chi connectivity index (χ2n) is 5.26. The largest absolute Gasteiger partial charge is 0.342 e. The summed E-state index contributed by atoms with van der Waals surface area (Å²) >= 11 is 1.37. The van der Waals surface area contributed by atoms with Crippen molar-refractivity contribution < 1.29 is 4.79 Å². The molecule has 0 aliphatic carbocycles. The molecule has 2 N–H and O–H groups in total. The number of pyridine rings is 1. The van der Waals surface area contributed by atoms with Crippen molar-refractivity contribution in [1.82, 2.24) is 19.9 Å². The molecule has 0 bridgehead atoms. The first-order valence-electron chi connectivity index (χ1n) is 7.34. The van der Waals surface area contributed by atoms with Gasteiger partial charge in [-0.05, 0) is 37.3 Å². The van der Waals surface area contributed by atoms with Gasteiger partial charge in [0.05, 0.1) is 16.7 Å². The van der Waals surface area contributed by atoms with Crippen molar-refractivity contribution in [2.45, 2.75) is 6.92 Å². The molecule has 118 valence electrons. The molecule has 4 rings (SSSR count). The summed E-state index contributed by atoms with van der Waals surface area (Å²) in [6.45, 7) is 1.88. The Morgan fingerprint density at radius 2 is 2.08 bits per heavy atom. The second kappa shape index (κ2) is 5.86. The number of nitrogens with one attached hydrogen (secondary N) is 2. The molecule has 1 aromatic carbocycles. The zero-order valence-corrected chi connectivity index (χ0v) is 13.6. The van der Waals surface area contributed by atoms with Gasteiger partial charge in [-0.25, -0.2) is 9.97 Å². The number of aryl methyl sites for hydroxylation is 1. The van der Waals surface area contributed by atoms with E-state index in [2.05, 4.69) is 25.3 Å². The Balaban J connectivity index is 1.56. The predicted molar refractivity (Wildman–Crippen MR) is 94.1 cm³/mol. The minimum atomic E-state index is -0.203. The molecule has 0 atom stereocenters. The van der Waals surface area contributed by atoms with E-state index in [1.165, 1.54) is 11.3 Å². The Labute approximate surface area is 141 Å². The number of carbonyl (C=O) groups is 1. The van der Waals surface area contributed by atoms with E-state index in [4.69, 9.17) is 0 Å². The van der Waals surface area contributed by atoms with E-state index < -0.39 is 0 Å². The van der Waals surface area contributed by atoms with Crippen molar-refractivity contribution in [1.29, 1.82) is 0 Å². The van der Waals surface area contributed by atoms with Crippen LogP contribution in [0.4, 0.5) is 5.13 Å². The molecule has 0 radical (unpaired) electrons. The minimum absolute atomic E-state index is 0.203. The highest BCUT2D eigenvalue weighted by atomic mass is 32.1.